The van der Waals surface area contributed by atoms with Crippen molar-refractivity contribution in [1.82, 2.24) is 9.97 Å². The fourth-order valence-electron chi connectivity index (χ4n) is 2.14. The lowest BCUT2D eigenvalue weighted by molar-refractivity contribution is -0.116. The molecule has 1 heterocycles. The molecule has 0 saturated heterocycles. The Hall–Kier alpha value is -1.88. The molecule has 0 aliphatic heterocycles. The molecule has 1 amide bonds. The van der Waals surface area contributed by atoms with Gasteiger partial charge in [0, 0.05) is 18.2 Å². The molecule has 1 atom stereocenters. The Morgan fingerprint density at radius 3 is 3.05 bits per heavy atom. The van der Waals surface area contributed by atoms with Gasteiger partial charge in [-0.15, -0.1) is 0 Å². The van der Waals surface area contributed by atoms with E-state index < -0.39 is 0 Å². The number of fused-ring (bicyclic) bond motifs is 1. The fraction of sp³-hybridized carbons (Fsp3) is 0.429. The maximum Gasteiger partial charge on any atom is 0.225 e. The van der Waals surface area contributed by atoms with E-state index in [9.17, 15) is 4.79 Å². The van der Waals surface area contributed by atoms with Gasteiger partial charge >= 0.3 is 0 Å². The van der Waals surface area contributed by atoms with Crippen LogP contribution in [0.4, 0.5) is 5.69 Å². The average molecular weight is 260 g/mol. The van der Waals surface area contributed by atoms with E-state index in [-0.39, 0.29) is 11.9 Å². The number of H-pyrrole nitrogens is 1. The van der Waals surface area contributed by atoms with Crippen LogP contribution < -0.4 is 11.1 Å². The summed E-state index contributed by atoms with van der Waals surface area (Å²) in [6, 6.07) is 5.56. The Labute approximate surface area is 112 Å². The first kappa shape index (κ1) is 13.5. The summed E-state index contributed by atoms with van der Waals surface area (Å²) in [6.45, 7) is 3.97. The highest BCUT2D eigenvalue weighted by Gasteiger charge is 2.09. The molecule has 0 radical (unpaired) electrons. The first-order valence-corrected chi connectivity index (χ1v) is 6.60. The molecule has 0 bridgehead atoms. The van der Waals surface area contributed by atoms with Crippen LogP contribution in [-0.4, -0.2) is 21.9 Å². The number of benzene rings is 1. The molecule has 0 fully saturated rings. The highest BCUT2D eigenvalue weighted by molar-refractivity contribution is 5.93. The molecule has 5 heteroatoms. The molecule has 0 saturated carbocycles. The van der Waals surface area contributed by atoms with Crippen LogP contribution in [0.25, 0.3) is 11.0 Å². The van der Waals surface area contributed by atoms with Crippen LogP contribution in [0.5, 0.6) is 0 Å². The summed E-state index contributed by atoms with van der Waals surface area (Å²) in [5.74, 6) is 0.819. The lowest BCUT2D eigenvalue weighted by atomic mass is 10.1. The summed E-state index contributed by atoms with van der Waals surface area (Å²) >= 11 is 0. The molecule has 1 aromatic carbocycles. The van der Waals surface area contributed by atoms with Crippen molar-refractivity contribution in [3.8, 4) is 0 Å². The number of imidazole rings is 1. The van der Waals surface area contributed by atoms with E-state index >= 15 is 0 Å². The van der Waals surface area contributed by atoms with Crippen molar-refractivity contribution in [2.75, 3.05) is 5.32 Å². The second kappa shape index (κ2) is 5.84. The molecular weight excluding hydrogens is 240 g/mol. The van der Waals surface area contributed by atoms with Gasteiger partial charge in [-0.2, -0.15) is 0 Å². The number of nitrogens with zero attached hydrogens (tertiary/aromatic N) is 1. The Balaban J connectivity index is 2.02. The summed E-state index contributed by atoms with van der Waals surface area (Å²) in [4.78, 5) is 19.3. The van der Waals surface area contributed by atoms with E-state index in [1.54, 1.807) is 0 Å². The van der Waals surface area contributed by atoms with Gasteiger partial charge in [0.05, 0.1) is 11.0 Å². The third kappa shape index (κ3) is 3.54. The Morgan fingerprint density at radius 1 is 1.53 bits per heavy atom. The van der Waals surface area contributed by atoms with E-state index in [1.807, 2.05) is 25.1 Å². The maximum absolute atomic E-state index is 11.8. The maximum atomic E-state index is 11.8. The molecule has 0 aliphatic carbocycles. The molecule has 5 nitrogen and oxygen atoms in total. The zero-order valence-corrected chi connectivity index (χ0v) is 11.4. The van der Waals surface area contributed by atoms with E-state index in [2.05, 4.69) is 22.2 Å². The number of nitrogens with one attached hydrogen (secondary N) is 2. The van der Waals surface area contributed by atoms with Crippen LogP contribution in [0.1, 0.15) is 32.0 Å². The third-order valence-electron chi connectivity index (χ3n) is 2.99. The second-order valence-corrected chi connectivity index (χ2v) is 4.86. The van der Waals surface area contributed by atoms with Gasteiger partial charge in [0.1, 0.15) is 5.82 Å². The first-order valence-electron chi connectivity index (χ1n) is 6.60. The highest BCUT2D eigenvalue weighted by atomic mass is 16.1. The fourth-order valence-corrected chi connectivity index (χ4v) is 2.14. The van der Waals surface area contributed by atoms with Crippen LogP contribution in [-0.2, 0) is 4.79 Å². The summed E-state index contributed by atoms with van der Waals surface area (Å²) in [5, 5.41) is 2.87. The number of nitrogens with two attached hydrogens (primary N) is 1. The molecule has 1 aromatic heterocycles. The van der Waals surface area contributed by atoms with Gasteiger partial charge in [-0.1, -0.05) is 13.3 Å². The molecule has 4 N–H and O–H groups in total. The molecule has 0 spiro atoms. The van der Waals surface area contributed by atoms with Gasteiger partial charge in [-0.25, -0.2) is 4.98 Å². The van der Waals surface area contributed by atoms with E-state index in [0.29, 0.717) is 6.42 Å². The van der Waals surface area contributed by atoms with Crippen LogP contribution in [0, 0.1) is 6.92 Å². The van der Waals surface area contributed by atoms with Crippen molar-refractivity contribution < 1.29 is 4.79 Å². The summed E-state index contributed by atoms with van der Waals surface area (Å²) in [6.07, 6.45) is 2.22. The molecule has 0 aliphatic rings. The van der Waals surface area contributed by atoms with Crippen LogP contribution in [0.3, 0.4) is 0 Å². The number of aromatic nitrogens is 2. The number of rotatable bonds is 5. The zero-order valence-electron chi connectivity index (χ0n) is 11.4. The second-order valence-electron chi connectivity index (χ2n) is 4.86. The topological polar surface area (TPSA) is 83.8 Å². The summed E-state index contributed by atoms with van der Waals surface area (Å²) in [7, 11) is 0. The predicted octanol–water partition coefficient (Wildman–Crippen LogP) is 2.33. The smallest absolute Gasteiger partial charge is 0.225 e. The van der Waals surface area contributed by atoms with Gasteiger partial charge in [0.2, 0.25) is 5.91 Å². The summed E-state index contributed by atoms with van der Waals surface area (Å²) < 4.78 is 0. The first-order chi connectivity index (χ1) is 9.08. The van der Waals surface area contributed by atoms with Gasteiger partial charge < -0.3 is 16.0 Å². The number of aromatic amines is 1. The lowest BCUT2D eigenvalue weighted by Gasteiger charge is -2.10. The molecule has 19 heavy (non-hydrogen) atoms. The molecule has 2 rings (SSSR count). The van der Waals surface area contributed by atoms with Crippen molar-refractivity contribution in [2.24, 2.45) is 5.73 Å². The number of hydrogen-bond donors (Lipinski definition) is 3. The van der Waals surface area contributed by atoms with Crippen molar-refractivity contribution in [2.45, 2.75) is 39.2 Å². The summed E-state index contributed by atoms with van der Waals surface area (Å²) in [5.41, 5.74) is 8.45. The number of carbonyl (C=O) groups is 1. The van der Waals surface area contributed by atoms with Crippen molar-refractivity contribution in [3.63, 3.8) is 0 Å². The molecule has 1 unspecified atom stereocenters. The van der Waals surface area contributed by atoms with Gasteiger partial charge in [-0.05, 0) is 31.5 Å². The normalized spacial score (nSPS) is 12.6. The highest BCUT2D eigenvalue weighted by Crippen LogP contribution is 2.17. The van der Waals surface area contributed by atoms with E-state index in [1.165, 1.54) is 0 Å². The molecular formula is C14H20N4O. The minimum absolute atomic E-state index is 0.0449. The van der Waals surface area contributed by atoms with Crippen LogP contribution in [0.15, 0.2) is 18.2 Å². The average Bonchev–Trinajstić information content (AvgIpc) is 2.68. The quantitative estimate of drug-likeness (QED) is 0.771. The van der Waals surface area contributed by atoms with E-state index in [4.69, 9.17) is 5.73 Å². The number of amides is 1. The van der Waals surface area contributed by atoms with Gasteiger partial charge in [-0.3, -0.25) is 4.79 Å². The third-order valence-corrected chi connectivity index (χ3v) is 2.99. The minimum Gasteiger partial charge on any atom is -0.342 e. The van der Waals surface area contributed by atoms with Crippen LogP contribution >= 0.6 is 0 Å². The van der Waals surface area contributed by atoms with Crippen LogP contribution in [0.2, 0.25) is 0 Å². The van der Waals surface area contributed by atoms with E-state index in [0.717, 1.165) is 35.4 Å². The number of carbonyl (C=O) groups excluding carboxylic acids is 1. The largest absolute Gasteiger partial charge is 0.342 e. The van der Waals surface area contributed by atoms with Crippen molar-refractivity contribution >= 4 is 22.6 Å². The Bertz CT molecular complexity index is 576. The predicted molar refractivity (Wildman–Crippen MR) is 77.0 cm³/mol. The number of hydrogen-bond acceptors (Lipinski definition) is 3. The standard InChI is InChI=1S/C14H20N4O/c1-3-4-10(15)7-14(19)18-11-5-6-12-13(8-11)17-9(2)16-12/h5-6,8,10H,3-4,7,15H2,1-2H3,(H,16,17)(H,18,19). The molecule has 102 valence electrons. The van der Waals surface area contributed by atoms with Gasteiger partial charge in [0.25, 0.3) is 0 Å². The zero-order chi connectivity index (χ0) is 13.8. The number of anilines is 1. The molecule has 2 aromatic rings. The monoisotopic (exact) mass is 260 g/mol. The Kier molecular flexibility index (Phi) is 4.16. The number of aryl methyl sites for hydroxylation is 1. The van der Waals surface area contributed by atoms with Crippen molar-refractivity contribution in [1.29, 1.82) is 0 Å². The minimum atomic E-state index is -0.0665. The Morgan fingerprint density at radius 2 is 2.32 bits per heavy atom. The lowest BCUT2D eigenvalue weighted by Crippen LogP contribution is -2.26. The van der Waals surface area contributed by atoms with Gasteiger partial charge in [0.15, 0.2) is 0 Å². The SMILES string of the molecule is CCCC(N)CC(=O)Nc1ccc2nc(C)[nH]c2c1. The van der Waals surface area contributed by atoms with Crippen molar-refractivity contribution in [3.05, 3.63) is 24.0 Å².